The van der Waals surface area contributed by atoms with E-state index in [0.29, 0.717) is 11.1 Å². The van der Waals surface area contributed by atoms with Gasteiger partial charge in [-0.15, -0.1) is 0 Å². The molecule has 0 saturated heterocycles. The number of carboxylic acid groups (broad SMARTS) is 1. The lowest BCUT2D eigenvalue weighted by atomic mass is 10.1. The van der Waals surface area contributed by atoms with Gasteiger partial charge in [-0.05, 0) is 44.0 Å². The SMILES string of the molecule is Cc1ccc(C=CC(=O)O)cc1S(=O)(=O)N(C)C(C)C. The first kappa shape index (κ1) is 16.4. The molecule has 20 heavy (non-hydrogen) atoms. The fourth-order valence-corrected chi connectivity index (χ4v) is 3.22. The van der Waals surface area contributed by atoms with Crippen molar-refractivity contribution in [1.82, 2.24) is 4.31 Å². The van der Waals surface area contributed by atoms with Crippen molar-refractivity contribution in [3.63, 3.8) is 0 Å². The summed E-state index contributed by atoms with van der Waals surface area (Å²) >= 11 is 0. The normalized spacial score (nSPS) is 12.5. The lowest BCUT2D eigenvalue weighted by Gasteiger charge is -2.22. The average Bonchev–Trinajstić information content (AvgIpc) is 2.36. The second-order valence-corrected chi connectivity index (χ2v) is 6.78. The summed E-state index contributed by atoms with van der Waals surface area (Å²) in [6.45, 7) is 5.30. The van der Waals surface area contributed by atoms with Crippen LogP contribution < -0.4 is 0 Å². The number of benzene rings is 1. The van der Waals surface area contributed by atoms with Crippen LogP contribution in [0.2, 0.25) is 0 Å². The Hall–Kier alpha value is -1.66. The van der Waals surface area contributed by atoms with E-state index in [9.17, 15) is 13.2 Å². The van der Waals surface area contributed by atoms with Crippen LogP contribution >= 0.6 is 0 Å². The monoisotopic (exact) mass is 297 g/mol. The fraction of sp³-hybridized carbons (Fsp3) is 0.357. The van der Waals surface area contributed by atoms with Crippen LogP contribution in [0.3, 0.4) is 0 Å². The summed E-state index contributed by atoms with van der Waals surface area (Å²) in [7, 11) is -2.05. The van der Waals surface area contributed by atoms with E-state index in [1.807, 2.05) is 0 Å². The second-order valence-electron chi connectivity index (χ2n) is 4.81. The predicted octanol–water partition coefficient (Wildman–Crippen LogP) is 2.12. The summed E-state index contributed by atoms with van der Waals surface area (Å²) in [5.41, 5.74) is 1.17. The number of hydrogen-bond acceptors (Lipinski definition) is 3. The maximum Gasteiger partial charge on any atom is 0.328 e. The Morgan fingerprint density at radius 1 is 1.35 bits per heavy atom. The van der Waals surface area contributed by atoms with E-state index in [1.165, 1.54) is 23.5 Å². The molecular formula is C14H19NO4S. The highest BCUT2D eigenvalue weighted by molar-refractivity contribution is 7.89. The lowest BCUT2D eigenvalue weighted by molar-refractivity contribution is -0.131. The highest BCUT2D eigenvalue weighted by Crippen LogP contribution is 2.22. The Morgan fingerprint density at radius 3 is 2.45 bits per heavy atom. The van der Waals surface area contributed by atoms with E-state index in [0.717, 1.165) is 6.08 Å². The van der Waals surface area contributed by atoms with Crippen LogP contribution in [0.1, 0.15) is 25.0 Å². The number of rotatable bonds is 5. The van der Waals surface area contributed by atoms with Crippen LogP contribution in [0, 0.1) is 6.92 Å². The molecule has 0 aliphatic rings. The largest absolute Gasteiger partial charge is 0.478 e. The van der Waals surface area contributed by atoms with Gasteiger partial charge in [0, 0.05) is 19.2 Å². The maximum absolute atomic E-state index is 12.5. The standard InChI is InChI=1S/C14H19NO4S/c1-10(2)15(4)20(18,19)13-9-12(6-5-11(13)3)7-8-14(16)17/h5-10H,1-4H3,(H,16,17). The molecule has 0 aromatic heterocycles. The van der Waals surface area contributed by atoms with E-state index < -0.39 is 16.0 Å². The number of carbonyl (C=O) groups is 1. The molecule has 0 heterocycles. The van der Waals surface area contributed by atoms with Gasteiger partial charge >= 0.3 is 5.97 Å². The number of carboxylic acids is 1. The van der Waals surface area contributed by atoms with Crippen LogP contribution in [0.4, 0.5) is 0 Å². The quantitative estimate of drug-likeness (QED) is 0.845. The van der Waals surface area contributed by atoms with Gasteiger partial charge in [-0.1, -0.05) is 12.1 Å². The molecule has 1 aromatic rings. The van der Waals surface area contributed by atoms with Crippen molar-refractivity contribution in [2.75, 3.05) is 7.05 Å². The third-order valence-electron chi connectivity index (χ3n) is 3.01. The molecule has 1 aromatic carbocycles. The summed E-state index contributed by atoms with van der Waals surface area (Å²) in [4.78, 5) is 10.7. The van der Waals surface area contributed by atoms with Crippen molar-refractivity contribution in [1.29, 1.82) is 0 Å². The molecule has 0 fully saturated rings. The summed E-state index contributed by atoms with van der Waals surface area (Å²) in [5, 5.41) is 8.61. The molecule has 0 bridgehead atoms. The van der Waals surface area contributed by atoms with Gasteiger partial charge in [-0.25, -0.2) is 13.2 Å². The van der Waals surface area contributed by atoms with Crippen molar-refractivity contribution >= 4 is 22.1 Å². The minimum atomic E-state index is -3.58. The number of hydrogen-bond donors (Lipinski definition) is 1. The molecule has 0 radical (unpaired) electrons. The third-order valence-corrected chi connectivity index (χ3v) is 5.19. The van der Waals surface area contributed by atoms with Gasteiger partial charge in [0.05, 0.1) is 4.90 Å². The van der Waals surface area contributed by atoms with Crippen LogP contribution in [0.25, 0.3) is 6.08 Å². The number of sulfonamides is 1. The molecule has 0 amide bonds. The summed E-state index contributed by atoms with van der Waals surface area (Å²) in [6, 6.07) is 4.69. The first-order valence-corrected chi connectivity index (χ1v) is 7.60. The Bertz CT molecular complexity index is 633. The van der Waals surface area contributed by atoms with E-state index in [1.54, 1.807) is 32.9 Å². The molecule has 1 N–H and O–H groups in total. The van der Waals surface area contributed by atoms with Gasteiger partial charge < -0.3 is 5.11 Å². The maximum atomic E-state index is 12.5. The Balaban J connectivity index is 3.31. The number of aryl methyl sites for hydroxylation is 1. The molecule has 5 nitrogen and oxygen atoms in total. The smallest absolute Gasteiger partial charge is 0.328 e. The van der Waals surface area contributed by atoms with Crippen molar-refractivity contribution in [2.24, 2.45) is 0 Å². The zero-order chi connectivity index (χ0) is 15.5. The zero-order valence-electron chi connectivity index (χ0n) is 12.0. The number of nitrogens with zero attached hydrogens (tertiary/aromatic N) is 1. The van der Waals surface area contributed by atoms with Crippen LogP contribution in [-0.4, -0.2) is 36.9 Å². The van der Waals surface area contributed by atoms with Crippen LogP contribution in [0.15, 0.2) is 29.2 Å². The fourth-order valence-electron chi connectivity index (χ4n) is 1.60. The zero-order valence-corrected chi connectivity index (χ0v) is 12.8. The van der Waals surface area contributed by atoms with Crippen molar-refractivity contribution in [3.05, 3.63) is 35.4 Å². The highest BCUT2D eigenvalue weighted by atomic mass is 32.2. The van der Waals surface area contributed by atoms with Crippen LogP contribution in [0.5, 0.6) is 0 Å². The molecule has 0 saturated carbocycles. The average molecular weight is 297 g/mol. The van der Waals surface area contributed by atoms with E-state index in [4.69, 9.17) is 5.11 Å². The Labute approximate surface area is 119 Å². The minimum absolute atomic E-state index is 0.155. The molecule has 0 atom stereocenters. The van der Waals surface area contributed by atoms with Crippen LogP contribution in [-0.2, 0) is 14.8 Å². The van der Waals surface area contributed by atoms with Crippen molar-refractivity contribution in [2.45, 2.75) is 31.7 Å². The molecule has 0 aliphatic heterocycles. The Kier molecular flexibility index (Phi) is 5.08. The molecule has 6 heteroatoms. The summed E-state index contributed by atoms with van der Waals surface area (Å²) in [6.07, 6.45) is 2.35. The molecule has 1 rings (SSSR count). The number of aliphatic carboxylic acids is 1. The summed E-state index contributed by atoms with van der Waals surface area (Å²) < 4.78 is 26.2. The summed E-state index contributed by atoms with van der Waals surface area (Å²) in [5.74, 6) is -1.07. The Morgan fingerprint density at radius 2 is 1.95 bits per heavy atom. The predicted molar refractivity (Wildman–Crippen MR) is 77.9 cm³/mol. The third kappa shape index (κ3) is 3.68. The van der Waals surface area contributed by atoms with E-state index >= 15 is 0 Å². The first-order valence-electron chi connectivity index (χ1n) is 6.16. The van der Waals surface area contributed by atoms with Crippen molar-refractivity contribution < 1.29 is 18.3 Å². The van der Waals surface area contributed by atoms with Gasteiger partial charge in [0.25, 0.3) is 0 Å². The lowest BCUT2D eigenvalue weighted by Crippen LogP contribution is -2.33. The molecule has 0 spiro atoms. The van der Waals surface area contributed by atoms with E-state index in [-0.39, 0.29) is 10.9 Å². The second kappa shape index (κ2) is 6.19. The van der Waals surface area contributed by atoms with Gasteiger partial charge in [0.2, 0.25) is 10.0 Å². The van der Waals surface area contributed by atoms with E-state index in [2.05, 4.69) is 0 Å². The minimum Gasteiger partial charge on any atom is -0.478 e. The van der Waals surface area contributed by atoms with Gasteiger partial charge in [-0.2, -0.15) is 4.31 Å². The first-order chi connectivity index (χ1) is 9.16. The highest BCUT2D eigenvalue weighted by Gasteiger charge is 2.24. The molecule has 0 aliphatic carbocycles. The van der Waals surface area contributed by atoms with Gasteiger partial charge in [-0.3, -0.25) is 0 Å². The molecular weight excluding hydrogens is 278 g/mol. The van der Waals surface area contributed by atoms with Crippen molar-refractivity contribution in [3.8, 4) is 0 Å². The van der Waals surface area contributed by atoms with Gasteiger partial charge in [0.1, 0.15) is 0 Å². The molecule has 0 unspecified atom stereocenters. The van der Waals surface area contributed by atoms with Gasteiger partial charge in [0.15, 0.2) is 0 Å². The topological polar surface area (TPSA) is 74.7 Å². The molecule has 110 valence electrons.